The van der Waals surface area contributed by atoms with Gasteiger partial charge in [-0.05, 0) is 59.7 Å². The van der Waals surface area contributed by atoms with Gasteiger partial charge in [-0.2, -0.15) is 13.2 Å². The topological polar surface area (TPSA) is 88.4 Å². The third kappa shape index (κ3) is 6.59. The summed E-state index contributed by atoms with van der Waals surface area (Å²) in [5.74, 6) is -1.76. The van der Waals surface area contributed by atoms with Gasteiger partial charge in [-0.15, -0.1) is 0 Å². The highest BCUT2D eigenvalue weighted by Gasteiger charge is 2.34. The van der Waals surface area contributed by atoms with Crippen molar-refractivity contribution in [2.75, 3.05) is 19.0 Å². The number of fused-ring (bicyclic) bond motifs is 1. The first-order chi connectivity index (χ1) is 21.3. The van der Waals surface area contributed by atoms with Crippen molar-refractivity contribution in [1.29, 1.82) is 0 Å². The number of alkyl halides is 4. The summed E-state index contributed by atoms with van der Waals surface area (Å²) in [6.07, 6.45) is -5.14. The van der Waals surface area contributed by atoms with Gasteiger partial charge in [0.25, 0.3) is 5.91 Å². The molecule has 0 saturated carbocycles. The van der Waals surface area contributed by atoms with E-state index in [-0.39, 0.29) is 35.3 Å². The third-order valence-corrected chi connectivity index (χ3v) is 7.68. The second kappa shape index (κ2) is 12.0. The van der Waals surface area contributed by atoms with Gasteiger partial charge in [0.05, 0.1) is 35.4 Å². The predicted octanol–water partition coefficient (Wildman–Crippen LogP) is 5.62. The fraction of sp³-hybridized carbons (Fsp3) is 0.276. The zero-order valence-corrected chi connectivity index (χ0v) is 22.0. The van der Waals surface area contributed by atoms with E-state index in [1.54, 1.807) is 0 Å². The van der Waals surface area contributed by atoms with Crippen molar-refractivity contribution in [3.8, 4) is 0 Å². The van der Waals surface area contributed by atoms with Gasteiger partial charge < -0.3 is 15.0 Å². The number of benzene rings is 3. The predicted molar refractivity (Wildman–Crippen MR) is 144 cm³/mol. The lowest BCUT2D eigenvalue weighted by Crippen LogP contribution is -2.30. The molecule has 2 N–H and O–H groups in total. The number of nitrogens with zero attached hydrogens (tertiary/aromatic N) is 1. The number of rotatable bonds is 10. The van der Waals surface area contributed by atoms with E-state index < -0.39 is 70.1 Å². The number of sulfone groups is 1. The normalized spacial score (nSPS) is 15.4. The Hall–Kier alpha value is -3.77. The van der Waals surface area contributed by atoms with Crippen LogP contribution in [0.2, 0.25) is 0 Å². The van der Waals surface area contributed by atoms with Crippen molar-refractivity contribution in [2.45, 2.75) is 36.9 Å². The minimum atomic E-state index is -4.95. The van der Waals surface area contributed by atoms with E-state index in [0.717, 1.165) is 24.3 Å². The van der Waals surface area contributed by atoms with Gasteiger partial charge in [-0.3, -0.25) is 4.79 Å². The lowest BCUT2D eigenvalue weighted by atomic mass is 10.0. The van der Waals surface area contributed by atoms with Gasteiger partial charge in [0, 0.05) is 35.4 Å². The number of hydrogen-bond acceptors (Lipinski definition) is 4. The van der Waals surface area contributed by atoms with E-state index in [9.17, 15) is 40.3 Å². The number of amides is 1. The van der Waals surface area contributed by atoms with E-state index >= 15 is 0 Å². The highest BCUT2D eigenvalue weighted by Crippen LogP contribution is 2.34. The van der Waals surface area contributed by atoms with E-state index in [0.29, 0.717) is 17.0 Å². The number of nitrogens with one attached hydrogen (secondary N) is 1. The number of carbonyl (C=O) groups is 1. The largest absolute Gasteiger partial charge is 0.416 e. The van der Waals surface area contributed by atoms with Crippen LogP contribution >= 0.6 is 0 Å². The Labute approximate surface area is 240 Å². The number of aromatic nitrogens is 1. The van der Waals surface area contributed by atoms with Crippen LogP contribution in [0.25, 0.3) is 10.9 Å². The van der Waals surface area contributed by atoms with Crippen LogP contribution in [0.3, 0.4) is 0 Å². The molecule has 6 nitrogen and oxygen atoms in total. The molecule has 218 valence electrons. The fourth-order valence-electron chi connectivity index (χ4n) is 4.54. The number of aliphatic hydroxyl groups excluding tert-OH is 1. The molecule has 0 radical (unpaired) electrons. The van der Waals surface area contributed by atoms with Gasteiger partial charge in [-0.25, -0.2) is 17.2 Å². The van der Waals surface area contributed by atoms with Crippen molar-refractivity contribution < 1.29 is 47.1 Å². The molecule has 1 unspecified atom stereocenters. The van der Waals surface area contributed by atoms with Gasteiger partial charge in [0.2, 0.25) is 0 Å². The summed E-state index contributed by atoms with van der Waals surface area (Å²) in [5.41, 5.74) is -3.98. The molecule has 0 spiro atoms. The Morgan fingerprint density at radius 3 is 2.46 bits per heavy atom. The van der Waals surface area contributed by atoms with Crippen LogP contribution in [0.1, 0.15) is 52.5 Å². The standard InChI is InChI=1S/C29H27F5N2O4S/c1-2-41(39,40)24-8-4-18(5-9-24)26(17-37)35-28(38)20-6-10-27-21(13-20)15-23(36(27)12-11-30)14-19-3-7-22(31)16-25(19)29(32,33)34/h3-10,13,15-16,26,37H,2,11-12,14,17H2,1H3,(H,35,38)/i1D3,2D2. The summed E-state index contributed by atoms with van der Waals surface area (Å²) in [4.78, 5) is 12.5. The van der Waals surface area contributed by atoms with Crippen LogP contribution < -0.4 is 5.32 Å². The SMILES string of the molecule is [2H]C([2H])([2H])C([2H])([2H])S(=O)(=O)c1ccc(C(CO)NC(=O)c2ccc3c(c2)cc(Cc2ccc(F)cc2C(F)(F)F)n3CCF)cc1. The van der Waals surface area contributed by atoms with Crippen LogP contribution in [0, 0.1) is 5.82 Å². The number of aryl methyl sites for hydroxylation is 1. The number of hydrogen-bond donors (Lipinski definition) is 2. The summed E-state index contributed by atoms with van der Waals surface area (Å²) >= 11 is 0. The Balaban J connectivity index is 1.60. The first kappa shape index (κ1) is 23.9. The summed E-state index contributed by atoms with van der Waals surface area (Å²) in [6.45, 7) is -5.15. The molecule has 41 heavy (non-hydrogen) atoms. The molecule has 4 rings (SSSR count). The third-order valence-electron chi connectivity index (χ3n) is 6.52. The summed E-state index contributed by atoms with van der Waals surface area (Å²) in [5, 5.41) is 12.9. The van der Waals surface area contributed by atoms with Crippen LogP contribution in [-0.2, 0) is 29.0 Å². The van der Waals surface area contributed by atoms with E-state index in [1.165, 1.54) is 41.0 Å². The van der Waals surface area contributed by atoms with E-state index in [4.69, 9.17) is 6.85 Å². The van der Waals surface area contributed by atoms with Gasteiger partial charge in [-0.1, -0.05) is 25.1 Å². The van der Waals surface area contributed by atoms with E-state index in [1.807, 2.05) is 0 Å². The summed E-state index contributed by atoms with van der Waals surface area (Å²) < 4.78 is 131. The van der Waals surface area contributed by atoms with Crippen molar-refractivity contribution in [3.63, 3.8) is 0 Å². The van der Waals surface area contributed by atoms with Gasteiger partial charge in [0.15, 0.2) is 9.84 Å². The first-order valence-corrected chi connectivity index (χ1v) is 13.6. The number of carbonyl (C=O) groups excluding carboxylic acids is 1. The molecule has 1 atom stereocenters. The van der Waals surface area contributed by atoms with Crippen molar-refractivity contribution >= 4 is 26.6 Å². The summed E-state index contributed by atoms with van der Waals surface area (Å²) in [7, 11) is -4.95. The highest BCUT2D eigenvalue weighted by atomic mass is 32.2. The molecule has 1 amide bonds. The molecule has 0 aliphatic rings. The Bertz CT molecular complexity index is 1860. The zero-order valence-electron chi connectivity index (χ0n) is 26.2. The molecule has 0 aliphatic carbocycles. The van der Waals surface area contributed by atoms with Crippen molar-refractivity contribution in [1.82, 2.24) is 9.88 Å². The van der Waals surface area contributed by atoms with Crippen molar-refractivity contribution in [2.24, 2.45) is 0 Å². The summed E-state index contributed by atoms with van der Waals surface area (Å²) in [6, 6.07) is 11.3. The number of halogens is 5. The fourth-order valence-corrected chi connectivity index (χ4v) is 5.15. The highest BCUT2D eigenvalue weighted by molar-refractivity contribution is 7.91. The molecule has 1 aromatic heterocycles. The van der Waals surface area contributed by atoms with Crippen LogP contribution in [0.15, 0.2) is 71.6 Å². The molecule has 0 saturated heterocycles. The number of aliphatic hydroxyl groups is 1. The van der Waals surface area contributed by atoms with Crippen LogP contribution in [0.5, 0.6) is 0 Å². The lowest BCUT2D eigenvalue weighted by molar-refractivity contribution is -0.138. The molecule has 0 bridgehead atoms. The Morgan fingerprint density at radius 1 is 1.10 bits per heavy atom. The molecule has 1 heterocycles. The van der Waals surface area contributed by atoms with E-state index in [2.05, 4.69) is 5.32 Å². The van der Waals surface area contributed by atoms with Gasteiger partial charge >= 0.3 is 6.18 Å². The average molecular weight is 600 g/mol. The van der Waals surface area contributed by atoms with Crippen LogP contribution in [0.4, 0.5) is 22.0 Å². The Kier molecular flexibility index (Phi) is 6.99. The second-order valence-electron chi connectivity index (χ2n) is 9.11. The maximum atomic E-state index is 13.6. The molecular weight excluding hydrogens is 567 g/mol. The molecule has 4 aromatic rings. The molecular formula is C29H27F5N2O4S. The maximum Gasteiger partial charge on any atom is 0.416 e. The molecule has 0 fully saturated rings. The minimum Gasteiger partial charge on any atom is -0.394 e. The smallest absolute Gasteiger partial charge is 0.394 e. The second-order valence-corrected chi connectivity index (χ2v) is 10.8. The molecule has 12 heteroatoms. The zero-order chi connectivity index (χ0) is 34.2. The first-order valence-electron chi connectivity index (χ1n) is 14.6. The quantitative estimate of drug-likeness (QED) is 0.232. The van der Waals surface area contributed by atoms with Gasteiger partial charge in [0.1, 0.15) is 12.5 Å². The maximum absolute atomic E-state index is 13.6. The molecule has 3 aromatic carbocycles. The minimum absolute atomic E-state index is 0.0673. The Morgan fingerprint density at radius 2 is 1.83 bits per heavy atom. The van der Waals surface area contributed by atoms with Crippen LogP contribution in [-0.4, -0.2) is 43.0 Å². The van der Waals surface area contributed by atoms with Crippen molar-refractivity contribution in [3.05, 3.63) is 100 Å². The average Bonchev–Trinajstić information content (AvgIpc) is 3.31. The lowest BCUT2D eigenvalue weighted by Gasteiger charge is -2.17. The molecule has 0 aliphatic heterocycles. The monoisotopic (exact) mass is 599 g/mol.